The first-order chi connectivity index (χ1) is 16.3. The number of carbonyl (C=O) groups excluding carboxylic acids is 2. The number of ketones is 1. The maximum absolute atomic E-state index is 13.2. The van der Waals surface area contributed by atoms with Gasteiger partial charge in [-0.1, -0.05) is 23.7 Å². The van der Waals surface area contributed by atoms with Crippen molar-refractivity contribution in [3.05, 3.63) is 86.2 Å². The maximum Gasteiger partial charge on any atom is 0.336 e. The van der Waals surface area contributed by atoms with Crippen LogP contribution in [0.5, 0.6) is 0 Å². The number of carbonyl (C=O) groups is 2. The molecule has 2 aromatic rings. The third kappa shape index (κ3) is 4.96. The number of benzene rings is 2. The molecule has 1 atom stereocenters. The van der Waals surface area contributed by atoms with Crippen LogP contribution in [-0.4, -0.2) is 18.4 Å². The van der Waals surface area contributed by atoms with Crippen LogP contribution >= 0.6 is 23.4 Å². The zero-order valence-corrected chi connectivity index (χ0v) is 21.7. The fraction of sp³-hybridized carbons (Fsp3) is 0.357. The number of dihydropyridines is 1. The molecule has 1 N–H and O–H groups in total. The third-order valence-corrected chi connectivity index (χ3v) is 7.83. The van der Waals surface area contributed by atoms with Gasteiger partial charge in [-0.2, -0.15) is 0 Å². The van der Waals surface area contributed by atoms with E-state index in [0.717, 1.165) is 56.6 Å². The third-order valence-electron chi connectivity index (χ3n) is 6.51. The zero-order valence-electron chi connectivity index (χ0n) is 20.1. The number of esters is 1. The van der Waals surface area contributed by atoms with E-state index in [4.69, 9.17) is 16.3 Å². The number of hydrogen-bond acceptors (Lipinski definition) is 5. The molecule has 2 aromatic carbocycles. The van der Waals surface area contributed by atoms with Crippen molar-refractivity contribution < 1.29 is 14.3 Å². The van der Waals surface area contributed by atoms with E-state index in [1.165, 1.54) is 11.1 Å². The molecule has 0 saturated carbocycles. The van der Waals surface area contributed by atoms with Crippen LogP contribution in [0, 0.1) is 13.8 Å². The summed E-state index contributed by atoms with van der Waals surface area (Å²) in [4.78, 5) is 27.4. The number of aryl methyl sites for hydroxylation is 2. The highest BCUT2D eigenvalue weighted by Gasteiger charge is 2.39. The van der Waals surface area contributed by atoms with Gasteiger partial charge in [-0.05, 0) is 87.1 Å². The standard InChI is InChI=1S/C28H30ClNO3S/c1-5-33-28(32)25-18(4)30-23-7-6-8-24(31)27(23)26(25)22-14-19(16(2)13-17(22)3)15-34-21-11-9-20(29)10-12-21/h9-14,26,30H,5-8,15H2,1-4H3/t26-/m0/s1. The van der Waals surface area contributed by atoms with Gasteiger partial charge in [0.1, 0.15) is 0 Å². The van der Waals surface area contributed by atoms with Crippen LogP contribution in [0.15, 0.2) is 63.8 Å². The SMILES string of the molecule is CCOC(=O)C1=C(C)NC2=C(C(=O)CCC2)[C@H]1c1cc(CSc2ccc(Cl)cc2)c(C)cc1C. The molecule has 0 fully saturated rings. The Morgan fingerprint density at radius 2 is 1.85 bits per heavy atom. The number of nitrogens with one attached hydrogen (secondary N) is 1. The van der Waals surface area contributed by atoms with E-state index in [-0.39, 0.29) is 18.4 Å². The molecule has 0 bridgehead atoms. The molecular weight excluding hydrogens is 466 g/mol. The Labute approximate surface area is 210 Å². The highest BCUT2D eigenvalue weighted by Crippen LogP contribution is 2.44. The Kier molecular flexibility index (Phi) is 7.54. The Balaban J connectivity index is 1.78. The van der Waals surface area contributed by atoms with Crippen LogP contribution in [0.2, 0.25) is 5.02 Å². The first-order valence-electron chi connectivity index (χ1n) is 11.7. The number of ether oxygens (including phenoxy) is 1. The second-order valence-corrected chi connectivity index (χ2v) is 10.3. The van der Waals surface area contributed by atoms with E-state index in [2.05, 4.69) is 31.3 Å². The van der Waals surface area contributed by atoms with Crippen LogP contribution in [0.4, 0.5) is 0 Å². The lowest BCUT2D eigenvalue weighted by Crippen LogP contribution is -2.34. The maximum atomic E-state index is 13.2. The molecule has 4 nitrogen and oxygen atoms in total. The minimum Gasteiger partial charge on any atom is -0.463 e. The predicted molar refractivity (Wildman–Crippen MR) is 138 cm³/mol. The molecule has 0 aromatic heterocycles. The summed E-state index contributed by atoms with van der Waals surface area (Å²) in [6, 6.07) is 12.2. The summed E-state index contributed by atoms with van der Waals surface area (Å²) >= 11 is 7.77. The predicted octanol–water partition coefficient (Wildman–Crippen LogP) is 6.78. The summed E-state index contributed by atoms with van der Waals surface area (Å²) in [5.41, 5.74) is 7.44. The lowest BCUT2D eigenvalue weighted by molar-refractivity contribution is -0.138. The number of allylic oxidation sites excluding steroid dienone is 3. The van der Waals surface area contributed by atoms with Gasteiger partial charge in [-0.25, -0.2) is 4.79 Å². The molecule has 0 unspecified atom stereocenters. The van der Waals surface area contributed by atoms with Gasteiger partial charge in [-0.3, -0.25) is 4.79 Å². The fourth-order valence-corrected chi connectivity index (χ4v) is 5.94. The molecule has 0 saturated heterocycles. The van der Waals surface area contributed by atoms with Gasteiger partial charge in [0.2, 0.25) is 0 Å². The molecule has 6 heteroatoms. The van der Waals surface area contributed by atoms with Crippen molar-refractivity contribution in [1.82, 2.24) is 5.32 Å². The van der Waals surface area contributed by atoms with Crippen LogP contribution in [0.3, 0.4) is 0 Å². The van der Waals surface area contributed by atoms with Crippen molar-refractivity contribution in [3.8, 4) is 0 Å². The summed E-state index contributed by atoms with van der Waals surface area (Å²) in [5.74, 6) is 0.121. The zero-order chi connectivity index (χ0) is 24.4. The van der Waals surface area contributed by atoms with Gasteiger partial charge < -0.3 is 10.1 Å². The average Bonchev–Trinajstić information content (AvgIpc) is 2.79. The summed E-state index contributed by atoms with van der Waals surface area (Å²) in [5, 5.41) is 4.08. The topological polar surface area (TPSA) is 55.4 Å². The Hall–Kier alpha value is -2.50. The van der Waals surface area contributed by atoms with Gasteiger partial charge in [0.25, 0.3) is 0 Å². The highest BCUT2D eigenvalue weighted by molar-refractivity contribution is 7.98. The van der Waals surface area contributed by atoms with Crippen molar-refractivity contribution in [1.29, 1.82) is 0 Å². The van der Waals surface area contributed by atoms with Crippen LogP contribution in [-0.2, 0) is 20.1 Å². The average molecular weight is 496 g/mol. The van der Waals surface area contributed by atoms with Crippen molar-refractivity contribution in [3.63, 3.8) is 0 Å². The van der Waals surface area contributed by atoms with Gasteiger partial charge >= 0.3 is 5.97 Å². The van der Waals surface area contributed by atoms with Crippen molar-refractivity contribution in [2.75, 3.05) is 6.61 Å². The second kappa shape index (κ2) is 10.4. The highest BCUT2D eigenvalue weighted by atomic mass is 35.5. The molecule has 0 spiro atoms. The monoisotopic (exact) mass is 495 g/mol. The Morgan fingerprint density at radius 1 is 1.12 bits per heavy atom. The fourth-order valence-electron chi connectivity index (χ4n) is 4.85. The normalized spacial score (nSPS) is 18.0. The molecule has 178 valence electrons. The number of halogens is 1. The van der Waals surface area contributed by atoms with E-state index in [0.29, 0.717) is 12.0 Å². The minimum atomic E-state index is -0.414. The Morgan fingerprint density at radius 3 is 2.56 bits per heavy atom. The molecule has 1 aliphatic heterocycles. The molecule has 2 aliphatic rings. The van der Waals surface area contributed by atoms with Crippen LogP contribution in [0.25, 0.3) is 0 Å². The number of Topliss-reactive ketones (excluding diaryl/α,β-unsaturated/α-hetero) is 1. The molecule has 0 radical (unpaired) electrons. The summed E-state index contributed by atoms with van der Waals surface area (Å²) in [6.07, 6.45) is 2.15. The molecule has 0 amide bonds. The van der Waals surface area contributed by atoms with Crippen molar-refractivity contribution in [2.24, 2.45) is 0 Å². The lowest BCUT2D eigenvalue weighted by Gasteiger charge is -2.35. The van der Waals surface area contributed by atoms with E-state index < -0.39 is 5.92 Å². The van der Waals surface area contributed by atoms with Crippen molar-refractivity contribution in [2.45, 2.75) is 63.5 Å². The molecular formula is C28H30ClNO3S. The summed E-state index contributed by atoms with van der Waals surface area (Å²) in [6.45, 7) is 8.17. The van der Waals surface area contributed by atoms with E-state index in [1.807, 2.05) is 31.2 Å². The number of hydrogen-bond donors (Lipinski definition) is 1. The number of rotatable bonds is 6. The smallest absolute Gasteiger partial charge is 0.336 e. The first-order valence-corrected chi connectivity index (χ1v) is 13.1. The van der Waals surface area contributed by atoms with E-state index in [9.17, 15) is 9.59 Å². The number of thioether (sulfide) groups is 1. The lowest BCUT2D eigenvalue weighted by atomic mass is 9.73. The summed E-state index contributed by atoms with van der Waals surface area (Å²) < 4.78 is 5.44. The quantitative estimate of drug-likeness (QED) is 0.353. The molecule has 34 heavy (non-hydrogen) atoms. The largest absolute Gasteiger partial charge is 0.463 e. The minimum absolute atomic E-state index is 0.116. The second-order valence-electron chi connectivity index (χ2n) is 8.86. The van der Waals surface area contributed by atoms with Gasteiger partial charge in [0.15, 0.2) is 5.78 Å². The molecule has 1 aliphatic carbocycles. The first kappa shape index (κ1) is 24.6. The van der Waals surface area contributed by atoms with Crippen molar-refractivity contribution >= 4 is 35.1 Å². The van der Waals surface area contributed by atoms with E-state index >= 15 is 0 Å². The summed E-state index contributed by atoms with van der Waals surface area (Å²) in [7, 11) is 0. The van der Waals surface area contributed by atoms with Crippen LogP contribution < -0.4 is 5.32 Å². The molecule has 4 rings (SSSR count). The Bertz CT molecular complexity index is 1200. The van der Waals surface area contributed by atoms with Gasteiger partial charge in [0, 0.05) is 45.0 Å². The van der Waals surface area contributed by atoms with Gasteiger partial charge in [0.05, 0.1) is 12.2 Å². The van der Waals surface area contributed by atoms with Crippen LogP contribution in [0.1, 0.15) is 61.3 Å². The van der Waals surface area contributed by atoms with Gasteiger partial charge in [-0.15, -0.1) is 11.8 Å². The van der Waals surface area contributed by atoms with E-state index in [1.54, 1.807) is 18.7 Å². The molecule has 1 heterocycles.